The molecule has 0 radical (unpaired) electrons. The second kappa shape index (κ2) is 6.45. The largest absolute Gasteiger partial charge is 0.393 e. The van der Waals surface area contributed by atoms with Crippen molar-refractivity contribution in [1.82, 2.24) is 9.66 Å². The Morgan fingerprint density at radius 1 is 1.19 bits per heavy atom. The summed E-state index contributed by atoms with van der Waals surface area (Å²) in [7, 11) is 0. The molecule has 8 nitrogen and oxygen atoms in total. The fourth-order valence-electron chi connectivity index (χ4n) is 3.74. The van der Waals surface area contributed by atoms with Crippen molar-refractivity contribution in [2.75, 3.05) is 10.7 Å². The van der Waals surface area contributed by atoms with Crippen molar-refractivity contribution in [1.29, 1.82) is 0 Å². The van der Waals surface area contributed by atoms with Crippen LogP contribution in [0.5, 0.6) is 0 Å². The summed E-state index contributed by atoms with van der Waals surface area (Å²) in [6.07, 6.45) is 4.35. The highest BCUT2D eigenvalue weighted by Crippen LogP contribution is 2.34. The third kappa shape index (κ3) is 2.92. The minimum atomic E-state index is -0.478. The molecule has 2 aliphatic rings. The number of aromatic nitrogens is 2. The number of nitrogens with two attached hydrogens (primary N) is 1. The number of nitrogens with one attached hydrogen (secondary N) is 2. The van der Waals surface area contributed by atoms with Crippen LogP contribution in [0.15, 0.2) is 30.6 Å². The van der Waals surface area contributed by atoms with Gasteiger partial charge in [0.05, 0.1) is 6.10 Å². The van der Waals surface area contributed by atoms with Crippen molar-refractivity contribution in [3.63, 3.8) is 0 Å². The van der Waals surface area contributed by atoms with E-state index in [9.17, 15) is 14.7 Å². The summed E-state index contributed by atoms with van der Waals surface area (Å²) in [5, 5.41) is 13.0. The molecule has 1 fully saturated rings. The topological polar surface area (TPSA) is 122 Å². The Morgan fingerprint density at radius 3 is 2.54 bits per heavy atom. The van der Waals surface area contributed by atoms with Crippen LogP contribution < -0.4 is 16.5 Å². The maximum Gasteiger partial charge on any atom is 0.261 e. The Morgan fingerprint density at radius 2 is 1.88 bits per heavy atom. The Labute approximate surface area is 150 Å². The van der Waals surface area contributed by atoms with Crippen LogP contribution >= 0.6 is 0 Å². The van der Waals surface area contributed by atoms with Crippen LogP contribution in [0.2, 0.25) is 0 Å². The van der Waals surface area contributed by atoms with Crippen LogP contribution in [0.1, 0.15) is 36.0 Å². The van der Waals surface area contributed by atoms with E-state index in [4.69, 9.17) is 5.73 Å². The van der Waals surface area contributed by atoms with Gasteiger partial charge in [-0.05, 0) is 43.7 Å². The van der Waals surface area contributed by atoms with E-state index in [1.54, 1.807) is 35.3 Å². The number of aliphatic hydroxyl groups excluding tert-OH is 1. The first-order valence-electron chi connectivity index (χ1n) is 8.76. The van der Waals surface area contributed by atoms with Gasteiger partial charge in [-0.25, -0.2) is 9.66 Å². The van der Waals surface area contributed by atoms with Crippen molar-refractivity contribution in [3.8, 4) is 11.3 Å². The summed E-state index contributed by atoms with van der Waals surface area (Å²) in [5.74, 6) is 0.319. The highest BCUT2D eigenvalue weighted by molar-refractivity contribution is 5.96. The second-order valence-electron chi connectivity index (χ2n) is 6.92. The van der Waals surface area contributed by atoms with Gasteiger partial charge >= 0.3 is 0 Å². The molecule has 0 bridgehead atoms. The third-order valence-corrected chi connectivity index (χ3v) is 5.23. The van der Waals surface area contributed by atoms with Crippen molar-refractivity contribution in [2.24, 2.45) is 11.7 Å². The van der Waals surface area contributed by atoms with E-state index in [0.29, 0.717) is 17.1 Å². The fourth-order valence-corrected chi connectivity index (χ4v) is 3.74. The van der Waals surface area contributed by atoms with Gasteiger partial charge in [-0.1, -0.05) is 12.1 Å². The normalized spacial score (nSPS) is 25.1. The number of rotatable bonds is 3. The standard InChI is InChI=1S/C18H21N5O3/c19-16(25)12-3-1-10(2-4-12)14-17-21-15(11-5-7-13(24)8-6-11)18(26)22-23(17)9-20-14/h1-4,9,11,13,15,21,24H,5-8H2,(H2,19,25)(H,22,26). The van der Waals surface area contributed by atoms with Crippen LogP contribution in [-0.2, 0) is 4.79 Å². The maximum atomic E-state index is 12.5. The van der Waals surface area contributed by atoms with Gasteiger partial charge < -0.3 is 16.2 Å². The molecule has 0 saturated heterocycles. The Bertz CT molecular complexity index is 837. The van der Waals surface area contributed by atoms with E-state index in [-0.39, 0.29) is 24.0 Å². The molecule has 2 aromatic rings. The number of hydrogen-bond donors (Lipinski definition) is 4. The maximum absolute atomic E-state index is 12.5. The first-order chi connectivity index (χ1) is 12.5. The molecule has 1 aliphatic carbocycles. The number of benzene rings is 1. The number of nitrogens with zero attached hydrogens (tertiary/aromatic N) is 2. The first-order valence-corrected chi connectivity index (χ1v) is 8.76. The molecule has 1 atom stereocenters. The number of carbonyl (C=O) groups is 2. The fraction of sp³-hybridized carbons (Fsp3) is 0.389. The van der Waals surface area contributed by atoms with Gasteiger partial charge in [-0.15, -0.1) is 0 Å². The van der Waals surface area contributed by atoms with Crippen LogP contribution in [0.25, 0.3) is 11.3 Å². The van der Waals surface area contributed by atoms with Gasteiger partial charge in [0.15, 0.2) is 5.82 Å². The number of carbonyl (C=O) groups excluding carboxylic acids is 2. The third-order valence-electron chi connectivity index (χ3n) is 5.23. The van der Waals surface area contributed by atoms with Crippen LogP contribution in [0, 0.1) is 5.92 Å². The number of amides is 2. The van der Waals surface area contributed by atoms with Crippen molar-refractivity contribution >= 4 is 17.6 Å². The zero-order valence-electron chi connectivity index (χ0n) is 14.2. The summed E-state index contributed by atoms with van der Waals surface area (Å²) >= 11 is 0. The van der Waals surface area contributed by atoms with Gasteiger partial charge in [-0.3, -0.25) is 15.0 Å². The SMILES string of the molecule is NC(=O)c1ccc(-c2ncn3c2NC(C2CCC(O)CC2)C(=O)N3)cc1. The quantitative estimate of drug-likeness (QED) is 0.656. The van der Waals surface area contributed by atoms with Gasteiger partial charge in [0.2, 0.25) is 5.91 Å². The molecular formula is C18H21N5O3. The summed E-state index contributed by atoms with van der Waals surface area (Å²) in [6, 6.07) is 6.53. The van der Waals surface area contributed by atoms with E-state index in [1.165, 1.54) is 0 Å². The summed E-state index contributed by atoms with van der Waals surface area (Å²) in [4.78, 5) is 28.1. The number of imidazole rings is 1. The summed E-state index contributed by atoms with van der Waals surface area (Å²) in [5.41, 5.74) is 10.1. The van der Waals surface area contributed by atoms with E-state index >= 15 is 0 Å². The Hall–Kier alpha value is -2.87. The van der Waals surface area contributed by atoms with Crippen LogP contribution in [0.3, 0.4) is 0 Å². The lowest BCUT2D eigenvalue weighted by Crippen LogP contribution is -2.49. The number of anilines is 1. The highest BCUT2D eigenvalue weighted by Gasteiger charge is 2.36. The zero-order chi connectivity index (χ0) is 18.3. The molecule has 0 spiro atoms. The average molecular weight is 355 g/mol. The molecule has 2 heterocycles. The molecule has 1 aromatic heterocycles. The lowest BCUT2D eigenvalue weighted by atomic mass is 9.82. The molecule has 2 amide bonds. The lowest BCUT2D eigenvalue weighted by molar-refractivity contribution is -0.119. The van der Waals surface area contributed by atoms with Crippen molar-refractivity contribution in [3.05, 3.63) is 36.2 Å². The molecule has 1 aromatic carbocycles. The summed E-state index contributed by atoms with van der Waals surface area (Å²) < 4.78 is 1.58. The number of hydrogen-bond acceptors (Lipinski definition) is 5. The van der Waals surface area contributed by atoms with Gasteiger partial charge in [0.1, 0.15) is 18.1 Å². The predicted molar refractivity (Wildman–Crippen MR) is 95.9 cm³/mol. The zero-order valence-corrected chi connectivity index (χ0v) is 14.2. The second-order valence-corrected chi connectivity index (χ2v) is 6.92. The molecule has 5 N–H and O–H groups in total. The molecule has 136 valence electrons. The Kier molecular flexibility index (Phi) is 4.12. The molecule has 8 heteroatoms. The first kappa shape index (κ1) is 16.6. The molecule has 4 rings (SSSR count). The lowest BCUT2D eigenvalue weighted by Gasteiger charge is -2.35. The van der Waals surface area contributed by atoms with Gasteiger partial charge in [-0.2, -0.15) is 0 Å². The minimum Gasteiger partial charge on any atom is -0.393 e. The smallest absolute Gasteiger partial charge is 0.261 e. The molecule has 26 heavy (non-hydrogen) atoms. The highest BCUT2D eigenvalue weighted by atomic mass is 16.3. The average Bonchev–Trinajstić information content (AvgIpc) is 3.04. The molecule has 1 saturated carbocycles. The minimum absolute atomic E-state index is 0.0908. The van der Waals surface area contributed by atoms with E-state index in [1.807, 2.05) is 0 Å². The monoisotopic (exact) mass is 355 g/mol. The van der Waals surface area contributed by atoms with Crippen molar-refractivity contribution < 1.29 is 14.7 Å². The number of fused-ring (bicyclic) bond motifs is 1. The molecule has 1 aliphatic heterocycles. The Balaban J connectivity index is 1.60. The van der Waals surface area contributed by atoms with Crippen molar-refractivity contribution in [2.45, 2.75) is 37.8 Å². The molecular weight excluding hydrogens is 334 g/mol. The summed E-state index contributed by atoms with van der Waals surface area (Å²) in [6.45, 7) is 0. The number of aliphatic hydroxyl groups is 1. The number of primary amides is 1. The van der Waals surface area contributed by atoms with Crippen LogP contribution in [0.4, 0.5) is 5.82 Å². The van der Waals surface area contributed by atoms with E-state index in [2.05, 4.69) is 15.7 Å². The van der Waals surface area contributed by atoms with Gasteiger partial charge in [0.25, 0.3) is 5.91 Å². The van der Waals surface area contributed by atoms with E-state index < -0.39 is 5.91 Å². The van der Waals surface area contributed by atoms with Crippen LogP contribution in [-0.4, -0.2) is 38.7 Å². The molecule has 1 unspecified atom stereocenters. The van der Waals surface area contributed by atoms with Gasteiger partial charge in [0, 0.05) is 11.1 Å². The van der Waals surface area contributed by atoms with E-state index in [0.717, 1.165) is 31.2 Å². The predicted octanol–water partition coefficient (Wildman–Crippen LogP) is 1.06.